The van der Waals surface area contributed by atoms with Gasteiger partial charge in [0.15, 0.2) is 4.90 Å². The molecule has 0 saturated heterocycles. The molecule has 2 aromatic carbocycles. The second kappa shape index (κ2) is 7.95. The van der Waals surface area contributed by atoms with E-state index in [0.29, 0.717) is 11.3 Å². The van der Waals surface area contributed by atoms with Crippen LogP contribution in [0, 0.1) is 17.5 Å². The Morgan fingerprint density at radius 2 is 1.57 bits per heavy atom. The van der Waals surface area contributed by atoms with E-state index in [0.717, 1.165) is 22.9 Å². The summed E-state index contributed by atoms with van der Waals surface area (Å²) in [5, 5.41) is 4.10. The van der Waals surface area contributed by atoms with Gasteiger partial charge >= 0.3 is 0 Å². The molecule has 1 N–H and O–H groups in total. The van der Waals surface area contributed by atoms with Crippen LogP contribution in [0.15, 0.2) is 64.3 Å². The van der Waals surface area contributed by atoms with Crippen LogP contribution in [0.25, 0.3) is 11.3 Å². The lowest BCUT2D eigenvalue weighted by molar-refractivity contribution is 0.508. The van der Waals surface area contributed by atoms with Gasteiger partial charge in [-0.25, -0.2) is 31.0 Å². The maximum Gasteiger partial charge on any atom is 0.266 e. The number of hydrogen-bond donors (Lipinski definition) is 1. The lowest BCUT2D eigenvalue weighted by atomic mass is 10.1. The molecule has 10 heteroatoms. The Hall–Kier alpha value is -2.98. The second-order valence-electron chi connectivity index (χ2n) is 5.74. The summed E-state index contributed by atoms with van der Waals surface area (Å²) in [4.78, 5) is 10.8. The Kier molecular flexibility index (Phi) is 5.61. The molecule has 1 heterocycles. The lowest BCUT2D eigenvalue weighted by Gasteiger charge is -2.10. The molecule has 0 atom stereocenters. The summed E-state index contributed by atoms with van der Waals surface area (Å²) < 4.78 is 67.7. The summed E-state index contributed by atoms with van der Waals surface area (Å²) >= 11 is 0. The van der Waals surface area contributed by atoms with E-state index in [-0.39, 0.29) is 13.1 Å². The average molecular weight is 409 g/mol. The van der Waals surface area contributed by atoms with Gasteiger partial charge in [0.25, 0.3) is 5.56 Å². The molecule has 3 rings (SSSR count). The molecule has 0 unspecified atom stereocenters. The van der Waals surface area contributed by atoms with Gasteiger partial charge < -0.3 is 0 Å². The van der Waals surface area contributed by atoms with Gasteiger partial charge in [0, 0.05) is 18.2 Å². The summed E-state index contributed by atoms with van der Waals surface area (Å²) in [6.45, 7) is -0.501. The van der Waals surface area contributed by atoms with Crippen molar-refractivity contribution < 1.29 is 21.6 Å². The molecule has 0 fully saturated rings. The summed E-state index contributed by atoms with van der Waals surface area (Å²) in [5.74, 6) is -2.87. The van der Waals surface area contributed by atoms with Crippen molar-refractivity contribution in [3.8, 4) is 11.3 Å². The minimum Gasteiger partial charge on any atom is -0.268 e. The first-order valence-corrected chi connectivity index (χ1v) is 9.54. The summed E-state index contributed by atoms with van der Waals surface area (Å²) in [6, 6.07) is 10.8. The first kappa shape index (κ1) is 19.8. The fraction of sp³-hybridized carbons (Fsp3) is 0.111. The highest BCUT2D eigenvalue weighted by Gasteiger charge is 2.23. The van der Waals surface area contributed by atoms with Gasteiger partial charge in [-0.05, 0) is 42.5 Å². The van der Waals surface area contributed by atoms with E-state index in [9.17, 15) is 26.4 Å². The topological polar surface area (TPSA) is 81.1 Å². The van der Waals surface area contributed by atoms with E-state index in [1.54, 1.807) is 0 Å². The van der Waals surface area contributed by atoms with Crippen LogP contribution in [0.5, 0.6) is 0 Å². The van der Waals surface area contributed by atoms with Crippen LogP contribution in [0.1, 0.15) is 0 Å². The van der Waals surface area contributed by atoms with E-state index in [1.807, 2.05) is 4.72 Å². The minimum atomic E-state index is -4.46. The second-order valence-corrected chi connectivity index (χ2v) is 7.44. The van der Waals surface area contributed by atoms with E-state index >= 15 is 0 Å². The highest BCUT2D eigenvalue weighted by atomic mass is 32.2. The third-order valence-corrected chi connectivity index (χ3v) is 5.32. The van der Waals surface area contributed by atoms with Gasteiger partial charge in [-0.3, -0.25) is 4.79 Å². The SMILES string of the molecule is O=c1ccc(-c2ccc(F)cc2)nn1CCNS(=O)(=O)c1c(F)cccc1F. The van der Waals surface area contributed by atoms with Crippen molar-refractivity contribution in [1.82, 2.24) is 14.5 Å². The number of aromatic nitrogens is 2. The molecule has 0 spiro atoms. The Labute approximate surface area is 158 Å². The van der Waals surface area contributed by atoms with Crippen LogP contribution >= 0.6 is 0 Å². The predicted octanol–water partition coefficient (Wildman–Crippen LogP) is 2.31. The largest absolute Gasteiger partial charge is 0.268 e. The van der Waals surface area contributed by atoms with Crippen molar-refractivity contribution in [3.63, 3.8) is 0 Å². The molecule has 3 aromatic rings. The highest BCUT2D eigenvalue weighted by molar-refractivity contribution is 7.89. The zero-order valence-corrected chi connectivity index (χ0v) is 15.1. The van der Waals surface area contributed by atoms with Crippen molar-refractivity contribution in [1.29, 1.82) is 0 Å². The van der Waals surface area contributed by atoms with Crippen molar-refractivity contribution in [2.75, 3.05) is 6.54 Å². The highest BCUT2D eigenvalue weighted by Crippen LogP contribution is 2.18. The molecule has 0 aliphatic carbocycles. The Morgan fingerprint density at radius 3 is 2.21 bits per heavy atom. The van der Waals surface area contributed by atoms with Crippen molar-refractivity contribution in [2.24, 2.45) is 0 Å². The van der Waals surface area contributed by atoms with Gasteiger partial charge in [0.1, 0.15) is 17.5 Å². The molecule has 6 nitrogen and oxygen atoms in total. The Morgan fingerprint density at radius 1 is 0.929 bits per heavy atom. The number of benzene rings is 2. The molecular formula is C18H14F3N3O3S. The maximum absolute atomic E-state index is 13.7. The predicted molar refractivity (Wildman–Crippen MR) is 95.4 cm³/mol. The van der Waals surface area contributed by atoms with E-state index in [4.69, 9.17) is 0 Å². The quantitative estimate of drug-likeness (QED) is 0.678. The third-order valence-electron chi connectivity index (χ3n) is 3.81. The number of hydrogen-bond acceptors (Lipinski definition) is 4. The molecule has 0 bridgehead atoms. The summed E-state index contributed by atoms with van der Waals surface area (Å²) in [7, 11) is -4.46. The van der Waals surface area contributed by atoms with Crippen molar-refractivity contribution >= 4 is 10.0 Å². The molecule has 1 aromatic heterocycles. The monoisotopic (exact) mass is 409 g/mol. The smallest absolute Gasteiger partial charge is 0.266 e. The normalized spacial score (nSPS) is 11.5. The molecule has 0 aliphatic heterocycles. The zero-order chi connectivity index (χ0) is 20.3. The number of nitrogens with one attached hydrogen (secondary N) is 1. The minimum absolute atomic E-state index is 0.177. The lowest BCUT2D eigenvalue weighted by Crippen LogP contribution is -2.32. The van der Waals surface area contributed by atoms with Gasteiger partial charge in [0.2, 0.25) is 10.0 Å². The number of nitrogens with zero attached hydrogens (tertiary/aromatic N) is 2. The van der Waals surface area contributed by atoms with Gasteiger partial charge in [-0.15, -0.1) is 0 Å². The summed E-state index contributed by atoms with van der Waals surface area (Å²) in [5.41, 5.74) is 0.439. The van der Waals surface area contributed by atoms with Crippen LogP contribution in [0.3, 0.4) is 0 Å². The number of rotatable bonds is 6. The fourth-order valence-corrected chi connectivity index (χ4v) is 3.63. The molecule has 0 radical (unpaired) electrons. The zero-order valence-electron chi connectivity index (χ0n) is 14.3. The molecule has 28 heavy (non-hydrogen) atoms. The van der Waals surface area contributed by atoms with Crippen LogP contribution in [-0.4, -0.2) is 24.7 Å². The fourth-order valence-electron chi connectivity index (χ4n) is 2.48. The van der Waals surface area contributed by atoms with E-state index in [2.05, 4.69) is 5.10 Å². The van der Waals surface area contributed by atoms with Gasteiger partial charge in [-0.2, -0.15) is 5.10 Å². The van der Waals surface area contributed by atoms with Gasteiger partial charge in [-0.1, -0.05) is 6.07 Å². The van der Waals surface area contributed by atoms with E-state index in [1.165, 1.54) is 36.4 Å². The first-order chi connectivity index (χ1) is 13.3. The Balaban J connectivity index is 1.77. The Bertz CT molecular complexity index is 1140. The molecule has 0 amide bonds. The van der Waals surface area contributed by atoms with Gasteiger partial charge in [0.05, 0.1) is 12.2 Å². The molecule has 146 valence electrons. The standard InChI is InChI=1S/C18H14F3N3O3S/c19-13-6-4-12(5-7-13)16-8-9-17(25)24(23-16)11-10-22-28(26,27)18-14(20)2-1-3-15(18)21/h1-9,22H,10-11H2. The van der Waals surface area contributed by atoms with Crippen LogP contribution in [0.4, 0.5) is 13.2 Å². The summed E-state index contributed by atoms with van der Waals surface area (Å²) in [6.07, 6.45) is 0. The third kappa shape index (κ3) is 4.29. The van der Waals surface area contributed by atoms with E-state index < -0.39 is 37.9 Å². The first-order valence-electron chi connectivity index (χ1n) is 8.06. The number of halogens is 3. The van der Waals surface area contributed by atoms with Crippen molar-refractivity contribution in [3.05, 3.63) is 82.4 Å². The number of sulfonamides is 1. The maximum atomic E-state index is 13.7. The molecule has 0 saturated carbocycles. The molecular weight excluding hydrogens is 395 g/mol. The van der Waals surface area contributed by atoms with Crippen LogP contribution in [0.2, 0.25) is 0 Å². The molecule has 0 aliphatic rings. The van der Waals surface area contributed by atoms with Crippen LogP contribution < -0.4 is 10.3 Å². The average Bonchev–Trinajstić information content (AvgIpc) is 2.63. The van der Waals surface area contributed by atoms with Crippen molar-refractivity contribution in [2.45, 2.75) is 11.4 Å². The van der Waals surface area contributed by atoms with Crippen LogP contribution in [-0.2, 0) is 16.6 Å².